The summed E-state index contributed by atoms with van der Waals surface area (Å²) in [7, 11) is 0. The van der Waals surface area contributed by atoms with Crippen molar-refractivity contribution in [3.05, 3.63) is 0 Å². The summed E-state index contributed by atoms with van der Waals surface area (Å²) in [6.45, 7) is 1.30. The molecule has 5 nitrogen and oxygen atoms in total. The molecule has 2 unspecified atom stereocenters. The van der Waals surface area contributed by atoms with Crippen LogP contribution in [0.15, 0.2) is 0 Å². The number of nitrogens with two attached hydrogens (primary N) is 2. The minimum absolute atomic E-state index is 0.0103. The summed E-state index contributed by atoms with van der Waals surface area (Å²) in [5, 5.41) is 0. The molecule has 102 valence electrons. The predicted octanol–water partition coefficient (Wildman–Crippen LogP) is 0.228. The van der Waals surface area contributed by atoms with E-state index in [0.29, 0.717) is 25.9 Å². The second-order valence-electron chi connectivity index (χ2n) is 5.56. The lowest BCUT2D eigenvalue weighted by molar-refractivity contribution is -0.140. The van der Waals surface area contributed by atoms with Crippen molar-refractivity contribution < 1.29 is 9.59 Å². The summed E-state index contributed by atoms with van der Waals surface area (Å²) in [6.07, 6.45) is 5.49. The van der Waals surface area contributed by atoms with Crippen LogP contribution >= 0.6 is 0 Å². The van der Waals surface area contributed by atoms with Crippen molar-refractivity contribution in [2.45, 2.75) is 44.6 Å². The first-order valence-corrected chi connectivity index (χ1v) is 6.93. The molecular weight excluding hydrogens is 230 g/mol. The van der Waals surface area contributed by atoms with Gasteiger partial charge < -0.3 is 16.4 Å². The topological polar surface area (TPSA) is 89.4 Å². The summed E-state index contributed by atoms with van der Waals surface area (Å²) in [4.78, 5) is 25.3. The molecule has 2 aliphatic rings. The summed E-state index contributed by atoms with van der Waals surface area (Å²) in [6, 6.07) is 0.0140. The molecule has 18 heavy (non-hydrogen) atoms. The van der Waals surface area contributed by atoms with Crippen LogP contribution in [0.1, 0.15) is 38.5 Å². The van der Waals surface area contributed by atoms with Crippen LogP contribution in [0.3, 0.4) is 0 Å². The number of carbonyl (C=O) groups is 2. The summed E-state index contributed by atoms with van der Waals surface area (Å²) in [5.74, 6) is -0.125. The number of piperidine rings is 1. The van der Waals surface area contributed by atoms with E-state index in [2.05, 4.69) is 0 Å². The van der Waals surface area contributed by atoms with Gasteiger partial charge >= 0.3 is 0 Å². The molecule has 4 N–H and O–H groups in total. The molecule has 1 aliphatic heterocycles. The Morgan fingerprint density at radius 2 is 1.61 bits per heavy atom. The van der Waals surface area contributed by atoms with Gasteiger partial charge in [0.2, 0.25) is 11.8 Å². The van der Waals surface area contributed by atoms with Crippen molar-refractivity contribution in [1.82, 2.24) is 4.90 Å². The highest BCUT2D eigenvalue weighted by atomic mass is 16.2. The Hall–Kier alpha value is -1.10. The Balaban J connectivity index is 1.88. The maximum Gasteiger partial charge on any atom is 0.227 e. The van der Waals surface area contributed by atoms with Gasteiger partial charge in [-0.1, -0.05) is 12.8 Å². The minimum atomic E-state index is -0.239. The Morgan fingerprint density at radius 3 is 2.17 bits per heavy atom. The standard InChI is InChI=1S/C13H23N3O2/c14-11-4-2-1-3-10(11)13(18)16-7-5-9(6-8-16)12(15)17/h9-11H,1-8,14H2,(H2,15,17). The van der Waals surface area contributed by atoms with Crippen LogP contribution in [0.25, 0.3) is 0 Å². The van der Waals surface area contributed by atoms with E-state index in [1.807, 2.05) is 4.90 Å². The van der Waals surface area contributed by atoms with Gasteiger partial charge in [-0.2, -0.15) is 0 Å². The highest BCUT2D eigenvalue weighted by Crippen LogP contribution is 2.26. The van der Waals surface area contributed by atoms with E-state index in [4.69, 9.17) is 11.5 Å². The van der Waals surface area contributed by atoms with Crippen molar-refractivity contribution in [2.24, 2.45) is 23.3 Å². The van der Waals surface area contributed by atoms with Gasteiger partial charge in [0.05, 0.1) is 5.92 Å². The van der Waals surface area contributed by atoms with E-state index in [1.54, 1.807) is 0 Å². The summed E-state index contributed by atoms with van der Waals surface area (Å²) >= 11 is 0. The zero-order chi connectivity index (χ0) is 13.1. The van der Waals surface area contributed by atoms with Crippen molar-refractivity contribution in [2.75, 3.05) is 13.1 Å². The smallest absolute Gasteiger partial charge is 0.227 e. The predicted molar refractivity (Wildman–Crippen MR) is 68.4 cm³/mol. The zero-order valence-electron chi connectivity index (χ0n) is 10.8. The maximum atomic E-state index is 12.4. The maximum absolute atomic E-state index is 12.4. The van der Waals surface area contributed by atoms with Crippen LogP contribution in [0.5, 0.6) is 0 Å². The average Bonchev–Trinajstić information content (AvgIpc) is 2.38. The fraction of sp³-hybridized carbons (Fsp3) is 0.846. The van der Waals surface area contributed by atoms with Gasteiger partial charge in [-0.15, -0.1) is 0 Å². The molecular formula is C13H23N3O2. The largest absolute Gasteiger partial charge is 0.369 e. The van der Waals surface area contributed by atoms with Gasteiger partial charge in [0.1, 0.15) is 0 Å². The highest BCUT2D eigenvalue weighted by molar-refractivity contribution is 5.81. The normalized spacial score (nSPS) is 30.2. The second kappa shape index (κ2) is 5.69. The summed E-state index contributed by atoms with van der Waals surface area (Å²) < 4.78 is 0. The van der Waals surface area contributed by atoms with Crippen molar-refractivity contribution in [3.63, 3.8) is 0 Å². The third-order valence-corrected chi connectivity index (χ3v) is 4.35. The van der Waals surface area contributed by atoms with Gasteiger partial charge in [0.25, 0.3) is 0 Å². The SMILES string of the molecule is NC(=O)C1CCN(C(=O)C2CCCCC2N)CC1. The van der Waals surface area contributed by atoms with Gasteiger partial charge in [0.15, 0.2) is 0 Å². The molecule has 5 heteroatoms. The van der Waals surface area contributed by atoms with Gasteiger partial charge in [-0.05, 0) is 25.7 Å². The average molecular weight is 253 g/mol. The quantitative estimate of drug-likeness (QED) is 0.738. The number of carbonyl (C=O) groups excluding carboxylic acids is 2. The van der Waals surface area contributed by atoms with Crippen molar-refractivity contribution in [3.8, 4) is 0 Å². The third kappa shape index (κ3) is 2.83. The molecule has 2 fully saturated rings. The molecule has 2 atom stereocenters. The number of nitrogens with zero attached hydrogens (tertiary/aromatic N) is 1. The molecule has 1 heterocycles. The van der Waals surface area contributed by atoms with Crippen LogP contribution in [0.2, 0.25) is 0 Å². The second-order valence-corrected chi connectivity index (χ2v) is 5.56. The first kappa shape index (κ1) is 13.3. The van der Waals surface area contributed by atoms with E-state index in [9.17, 15) is 9.59 Å². The molecule has 1 saturated carbocycles. The Labute approximate surface area is 108 Å². The lowest BCUT2D eigenvalue weighted by atomic mass is 9.83. The van der Waals surface area contributed by atoms with Crippen molar-refractivity contribution >= 4 is 11.8 Å². The molecule has 2 amide bonds. The molecule has 0 spiro atoms. The van der Waals surface area contributed by atoms with Crippen molar-refractivity contribution in [1.29, 1.82) is 0 Å². The Bertz CT molecular complexity index is 324. The first-order valence-electron chi connectivity index (χ1n) is 6.93. The van der Waals surface area contributed by atoms with E-state index in [0.717, 1.165) is 25.7 Å². The highest BCUT2D eigenvalue weighted by Gasteiger charge is 2.34. The van der Waals surface area contributed by atoms with E-state index in [1.165, 1.54) is 0 Å². The number of rotatable bonds is 2. The Morgan fingerprint density at radius 1 is 1.00 bits per heavy atom. The number of primary amides is 1. The molecule has 0 aromatic carbocycles. The zero-order valence-corrected chi connectivity index (χ0v) is 10.8. The number of amides is 2. The molecule has 2 rings (SSSR count). The lowest BCUT2D eigenvalue weighted by Gasteiger charge is -2.36. The monoisotopic (exact) mass is 253 g/mol. The van der Waals surface area contributed by atoms with Crippen LogP contribution < -0.4 is 11.5 Å². The van der Waals surface area contributed by atoms with Crippen LogP contribution in [-0.4, -0.2) is 35.8 Å². The third-order valence-electron chi connectivity index (χ3n) is 4.35. The molecule has 0 aromatic heterocycles. The molecule has 1 aliphatic carbocycles. The number of hydrogen-bond donors (Lipinski definition) is 2. The molecule has 0 bridgehead atoms. The number of likely N-dealkylation sites (tertiary alicyclic amines) is 1. The van der Waals surface area contributed by atoms with Gasteiger partial charge in [-0.25, -0.2) is 0 Å². The first-order chi connectivity index (χ1) is 8.59. The van der Waals surface area contributed by atoms with E-state index < -0.39 is 0 Å². The molecule has 0 aromatic rings. The minimum Gasteiger partial charge on any atom is -0.369 e. The fourth-order valence-corrected chi connectivity index (χ4v) is 3.09. The van der Waals surface area contributed by atoms with Gasteiger partial charge in [0, 0.05) is 25.0 Å². The fourth-order valence-electron chi connectivity index (χ4n) is 3.09. The van der Waals surface area contributed by atoms with E-state index in [-0.39, 0.29) is 29.7 Å². The van der Waals surface area contributed by atoms with Crippen LogP contribution in [-0.2, 0) is 9.59 Å². The van der Waals surface area contributed by atoms with E-state index >= 15 is 0 Å². The lowest BCUT2D eigenvalue weighted by Crippen LogP contribution is -2.49. The van der Waals surface area contributed by atoms with Crippen LogP contribution in [0.4, 0.5) is 0 Å². The van der Waals surface area contributed by atoms with Crippen LogP contribution in [0, 0.1) is 11.8 Å². The molecule has 1 saturated heterocycles. The van der Waals surface area contributed by atoms with Gasteiger partial charge in [-0.3, -0.25) is 9.59 Å². The molecule has 0 radical (unpaired) electrons. The number of hydrogen-bond acceptors (Lipinski definition) is 3. The summed E-state index contributed by atoms with van der Waals surface area (Å²) in [5.41, 5.74) is 11.3. The Kier molecular flexibility index (Phi) is 4.22.